The molecule has 0 saturated heterocycles. The first-order chi connectivity index (χ1) is 10.5. The number of para-hydroxylation sites is 1. The summed E-state index contributed by atoms with van der Waals surface area (Å²) in [5.41, 5.74) is 3.80. The van der Waals surface area contributed by atoms with Crippen molar-refractivity contribution in [1.29, 1.82) is 0 Å². The van der Waals surface area contributed by atoms with Crippen LogP contribution in [0, 0.1) is 13.8 Å². The lowest BCUT2D eigenvalue weighted by Gasteiger charge is -2.08. The fourth-order valence-electron chi connectivity index (χ4n) is 2.75. The van der Waals surface area contributed by atoms with Gasteiger partial charge in [0.1, 0.15) is 0 Å². The molecule has 3 nitrogen and oxygen atoms in total. The summed E-state index contributed by atoms with van der Waals surface area (Å²) >= 11 is 6.13. The zero-order valence-corrected chi connectivity index (χ0v) is 13.2. The molecule has 2 aromatic carbocycles. The number of benzene rings is 2. The van der Waals surface area contributed by atoms with E-state index in [0.717, 1.165) is 27.7 Å². The molecule has 4 heteroatoms. The summed E-state index contributed by atoms with van der Waals surface area (Å²) in [7, 11) is 0. The number of nitrogens with zero attached hydrogens (tertiary/aromatic N) is 1. The Labute approximate surface area is 133 Å². The molecule has 3 aromatic rings. The third kappa shape index (κ3) is 2.23. The maximum atomic E-state index is 12.9. The van der Waals surface area contributed by atoms with Crippen LogP contribution in [0.4, 0.5) is 0 Å². The van der Waals surface area contributed by atoms with Gasteiger partial charge >= 0.3 is 0 Å². The molecule has 1 heterocycles. The van der Waals surface area contributed by atoms with E-state index in [9.17, 15) is 9.90 Å². The van der Waals surface area contributed by atoms with Crippen LogP contribution >= 0.6 is 11.6 Å². The molecule has 0 bridgehead atoms. The molecule has 0 unspecified atom stereocenters. The van der Waals surface area contributed by atoms with Gasteiger partial charge in [-0.2, -0.15) is 0 Å². The third-order valence-corrected chi connectivity index (χ3v) is 4.43. The van der Waals surface area contributed by atoms with Gasteiger partial charge in [-0.15, -0.1) is 0 Å². The fourth-order valence-corrected chi connectivity index (χ4v) is 2.93. The summed E-state index contributed by atoms with van der Waals surface area (Å²) in [6.45, 7) is 3.65. The average molecular weight is 314 g/mol. The van der Waals surface area contributed by atoms with Crippen LogP contribution in [0.15, 0.2) is 42.5 Å². The van der Waals surface area contributed by atoms with E-state index in [2.05, 4.69) is 0 Å². The molecule has 0 fully saturated rings. The van der Waals surface area contributed by atoms with E-state index in [1.54, 1.807) is 16.7 Å². The van der Waals surface area contributed by atoms with Gasteiger partial charge in [-0.3, -0.25) is 9.36 Å². The lowest BCUT2D eigenvalue weighted by molar-refractivity contribution is 0.0962. The van der Waals surface area contributed by atoms with Crippen LogP contribution in [0.2, 0.25) is 5.02 Å². The molecular weight excluding hydrogens is 298 g/mol. The van der Waals surface area contributed by atoms with Gasteiger partial charge in [0.2, 0.25) is 0 Å². The summed E-state index contributed by atoms with van der Waals surface area (Å²) in [6.07, 6.45) is 0. The van der Waals surface area contributed by atoms with Gasteiger partial charge in [0.25, 0.3) is 5.91 Å². The smallest absolute Gasteiger partial charge is 0.262 e. The van der Waals surface area contributed by atoms with Gasteiger partial charge in [0, 0.05) is 27.2 Å². The van der Waals surface area contributed by atoms with Crippen LogP contribution in [0.5, 0.6) is 0 Å². The molecule has 0 aliphatic carbocycles. The van der Waals surface area contributed by atoms with Gasteiger partial charge in [-0.25, -0.2) is 0 Å². The highest BCUT2D eigenvalue weighted by atomic mass is 35.5. The number of hydrogen-bond acceptors (Lipinski definition) is 2. The largest absolute Gasteiger partial charge is 0.392 e. The number of carbonyl (C=O) groups excluding carboxylic acids is 1. The third-order valence-electron chi connectivity index (χ3n) is 4.02. The quantitative estimate of drug-likeness (QED) is 0.774. The Morgan fingerprint density at radius 2 is 1.91 bits per heavy atom. The Bertz CT molecular complexity index is 880. The molecule has 22 heavy (non-hydrogen) atoms. The first-order valence-electron chi connectivity index (χ1n) is 7.05. The Morgan fingerprint density at radius 1 is 1.18 bits per heavy atom. The Kier molecular flexibility index (Phi) is 3.77. The molecule has 3 rings (SSSR count). The van der Waals surface area contributed by atoms with E-state index >= 15 is 0 Å². The monoisotopic (exact) mass is 313 g/mol. The number of aliphatic hydroxyl groups excluding tert-OH is 1. The number of fused-ring (bicyclic) bond motifs is 1. The minimum absolute atomic E-state index is 0.0960. The normalized spacial score (nSPS) is 11.1. The molecule has 0 radical (unpaired) electrons. The minimum atomic E-state index is -0.143. The average Bonchev–Trinajstić information content (AvgIpc) is 2.80. The fraction of sp³-hybridized carbons (Fsp3) is 0.167. The van der Waals surface area contributed by atoms with Crippen molar-refractivity contribution < 1.29 is 9.90 Å². The van der Waals surface area contributed by atoms with Crippen molar-refractivity contribution in [2.24, 2.45) is 0 Å². The van der Waals surface area contributed by atoms with E-state index in [0.29, 0.717) is 10.6 Å². The molecule has 0 atom stereocenters. The van der Waals surface area contributed by atoms with Crippen molar-refractivity contribution in [2.75, 3.05) is 0 Å². The van der Waals surface area contributed by atoms with Crippen molar-refractivity contribution in [3.63, 3.8) is 0 Å². The summed E-state index contributed by atoms with van der Waals surface area (Å²) in [5, 5.41) is 11.1. The van der Waals surface area contributed by atoms with E-state index in [1.165, 1.54) is 0 Å². The number of rotatable bonds is 2. The van der Waals surface area contributed by atoms with Gasteiger partial charge in [0.05, 0.1) is 12.1 Å². The molecule has 112 valence electrons. The molecule has 0 aliphatic rings. The maximum absolute atomic E-state index is 12.9. The molecule has 0 aliphatic heterocycles. The molecule has 1 N–H and O–H groups in total. The van der Waals surface area contributed by atoms with Crippen molar-refractivity contribution in [3.05, 3.63) is 69.9 Å². The van der Waals surface area contributed by atoms with Crippen LogP contribution < -0.4 is 0 Å². The maximum Gasteiger partial charge on any atom is 0.262 e. The second-order valence-electron chi connectivity index (χ2n) is 5.34. The van der Waals surface area contributed by atoms with Crippen molar-refractivity contribution in [1.82, 2.24) is 4.57 Å². The van der Waals surface area contributed by atoms with Crippen LogP contribution in [0.25, 0.3) is 10.9 Å². The highest BCUT2D eigenvalue weighted by molar-refractivity contribution is 6.31. The van der Waals surface area contributed by atoms with Crippen LogP contribution in [-0.2, 0) is 6.61 Å². The van der Waals surface area contributed by atoms with Gasteiger partial charge < -0.3 is 5.11 Å². The Morgan fingerprint density at radius 3 is 2.59 bits per heavy atom. The van der Waals surface area contributed by atoms with E-state index in [-0.39, 0.29) is 12.5 Å². The molecule has 1 aromatic heterocycles. The second kappa shape index (κ2) is 5.59. The number of halogens is 1. The van der Waals surface area contributed by atoms with E-state index in [4.69, 9.17) is 11.6 Å². The van der Waals surface area contributed by atoms with Crippen molar-refractivity contribution in [3.8, 4) is 0 Å². The number of aromatic nitrogens is 1. The Balaban J connectivity index is 2.23. The lowest BCUT2D eigenvalue weighted by atomic mass is 10.1. The van der Waals surface area contributed by atoms with E-state index < -0.39 is 0 Å². The predicted molar refractivity (Wildman–Crippen MR) is 88.5 cm³/mol. The minimum Gasteiger partial charge on any atom is -0.392 e. The first kappa shape index (κ1) is 14.8. The van der Waals surface area contributed by atoms with Crippen molar-refractivity contribution in [2.45, 2.75) is 20.5 Å². The zero-order chi connectivity index (χ0) is 15.9. The Hall–Kier alpha value is -2.10. The molecule has 0 saturated carbocycles. The zero-order valence-electron chi connectivity index (χ0n) is 12.4. The summed E-state index contributed by atoms with van der Waals surface area (Å²) in [4.78, 5) is 12.9. The standard InChI is InChI=1S/C18H16ClNO2/c1-11-7-8-13(9-16(11)19)18(22)20-12(2)15(10-21)14-5-3-4-6-17(14)20/h3-9,21H,10H2,1-2H3. The van der Waals surface area contributed by atoms with Gasteiger partial charge in [-0.1, -0.05) is 35.9 Å². The topological polar surface area (TPSA) is 42.2 Å². The summed E-state index contributed by atoms with van der Waals surface area (Å²) in [6, 6.07) is 12.9. The number of aryl methyl sites for hydroxylation is 1. The number of carbonyl (C=O) groups is 1. The highest BCUT2D eigenvalue weighted by Gasteiger charge is 2.19. The second-order valence-corrected chi connectivity index (χ2v) is 5.75. The summed E-state index contributed by atoms with van der Waals surface area (Å²) in [5.74, 6) is -0.143. The molecular formula is C18H16ClNO2. The summed E-state index contributed by atoms with van der Waals surface area (Å²) < 4.78 is 1.64. The van der Waals surface area contributed by atoms with Crippen LogP contribution in [0.1, 0.15) is 27.2 Å². The lowest BCUT2D eigenvalue weighted by Crippen LogP contribution is -2.13. The number of hydrogen-bond donors (Lipinski definition) is 1. The first-order valence-corrected chi connectivity index (χ1v) is 7.43. The molecule has 0 spiro atoms. The predicted octanol–water partition coefficient (Wildman–Crippen LogP) is 4.09. The van der Waals surface area contributed by atoms with Gasteiger partial charge in [-0.05, 0) is 37.6 Å². The van der Waals surface area contributed by atoms with Crippen molar-refractivity contribution >= 4 is 28.4 Å². The van der Waals surface area contributed by atoms with Crippen LogP contribution in [-0.4, -0.2) is 15.6 Å². The van der Waals surface area contributed by atoms with Crippen LogP contribution in [0.3, 0.4) is 0 Å². The van der Waals surface area contributed by atoms with Gasteiger partial charge in [0.15, 0.2) is 0 Å². The SMILES string of the molecule is Cc1ccc(C(=O)n2c(C)c(CO)c3ccccc32)cc1Cl. The number of aliphatic hydroxyl groups is 1. The highest BCUT2D eigenvalue weighted by Crippen LogP contribution is 2.27. The molecule has 0 amide bonds. The van der Waals surface area contributed by atoms with E-state index in [1.807, 2.05) is 44.2 Å².